The average molecular weight is 182 g/mol. The van der Waals surface area contributed by atoms with E-state index in [1.807, 2.05) is 0 Å². The Morgan fingerprint density at radius 2 is 1.73 bits per heavy atom. The molecule has 0 aromatic rings. The van der Waals surface area contributed by atoms with Gasteiger partial charge >= 0.3 is 7.60 Å². The van der Waals surface area contributed by atoms with Crippen molar-refractivity contribution in [2.45, 2.75) is 13.8 Å². The van der Waals surface area contributed by atoms with Crippen molar-refractivity contribution in [3.05, 3.63) is 0 Å². The standard InChI is InChI=1S/C6H16NO3P/c1-3-9-11(8,6-5-7)10-4-2/h3-7H2,1-2H3/p+1. The lowest BCUT2D eigenvalue weighted by molar-refractivity contribution is -0.361. The van der Waals surface area contributed by atoms with Crippen molar-refractivity contribution in [2.24, 2.45) is 0 Å². The van der Waals surface area contributed by atoms with Crippen LogP contribution in [0.2, 0.25) is 0 Å². The molecule has 68 valence electrons. The van der Waals surface area contributed by atoms with Crippen molar-refractivity contribution >= 4 is 7.60 Å². The van der Waals surface area contributed by atoms with Crippen LogP contribution in [0.1, 0.15) is 13.8 Å². The highest BCUT2D eigenvalue weighted by Crippen LogP contribution is 2.46. The quantitative estimate of drug-likeness (QED) is 0.608. The molecule has 0 aromatic heterocycles. The highest BCUT2D eigenvalue weighted by atomic mass is 31.2. The van der Waals surface area contributed by atoms with Crippen LogP contribution in [0.5, 0.6) is 0 Å². The molecule has 11 heavy (non-hydrogen) atoms. The van der Waals surface area contributed by atoms with E-state index in [1.54, 1.807) is 13.8 Å². The molecule has 0 aromatic carbocycles. The summed E-state index contributed by atoms with van der Waals surface area (Å²) in [6.07, 6.45) is 0.411. The van der Waals surface area contributed by atoms with Gasteiger partial charge < -0.3 is 14.8 Å². The lowest BCUT2D eigenvalue weighted by Crippen LogP contribution is -2.51. The third kappa shape index (κ3) is 4.53. The van der Waals surface area contributed by atoms with Crippen molar-refractivity contribution < 1.29 is 19.3 Å². The monoisotopic (exact) mass is 182 g/mol. The molecule has 0 saturated carbocycles. The zero-order valence-corrected chi connectivity index (χ0v) is 8.10. The molecule has 0 aliphatic rings. The van der Waals surface area contributed by atoms with Gasteiger partial charge in [0.2, 0.25) is 0 Å². The Morgan fingerprint density at radius 3 is 2.00 bits per heavy atom. The molecule has 5 heteroatoms. The molecule has 0 aliphatic heterocycles. The Bertz CT molecular complexity index is 116. The minimum Gasteiger partial charge on any atom is -0.357 e. The Morgan fingerprint density at radius 1 is 1.27 bits per heavy atom. The molecule has 0 radical (unpaired) electrons. The van der Waals surface area contributed by atoms with Crippen molar-refractivity contribution in [1.82, 2.24) is 0 Å². The summed E-state index contributed by atoms with van der Waals surface area (Å²) < 4.78 is 21.5. The summed E-state index contributed by atoms with van der Waals surface area (Å²) in [6, 6.07) is 0. The maximum Gasteiger partial charge on any atom is 0.336 e. The zero-order chi connectivity index (χ0) is 8.74. The molecule has 0 spiro atoms. The van der Waals surface area contributed by atoms with Crippen molar-refractivity contribution in [1.29, 1.82) is 0 Å². The Kier molecular flexibility index (Phi) is 5.78. The zero-order valence-electron chi connectivity index (χ0n) is 7.21. The lowest BCUT2D eigenvalue weighted by Gasteiger charge is -2.14. The fraction of sp³-hybridized carbons (Fsp3) is 1.00. The average Bonchev–Trinajstić information content (AvgIpc) is 1.88. The van der Waals surface area contributed by atoms with Crippen LogP contribution in [-0.4, -0.2) is 25.9 Å². The second kappa shape index (κ2) is 5.72. The lowest BCUT2D eigenvalue weighted by atomic mass is 10.8. The summed E-state index contributed by atoms with van der Waals surface area (Å²) >= 11 is 0. The first kappa shape index (κ1) is 11.1. The highest BCUT2D eigenvalue weighted by Gasteiger charge is 2.22. The predicted octanol–water partition coefficient (Wildman–Crippen LogP) is 0.494. The fourth-order valence-electron chi connectivity index (χ4n) is 0.753. The van der Waals surface area contributed by atoms with E-state index >= 15 is 0 Å². The normalized spacial score (nSPS) is 11.9. The molecule has 0 heterocycles. The molecule has 0 bridgehead atoms. The summed E-state index contributed by atoms with van der Waals surface area (Å²) in [5.74, 6) is 0. The molecule has 3 N–H and O–H groups in total. The van der Waals surface area contributed by atoms with Gasteiger partial charge in [0.05, 0.1) is 25.9 Å². The highest BCUT2D eigenvalue weighted by molar-refractivity contribution is 7.53. The summed E-state index contributed by atoms with van der Waals surface area (Å²) in [6.45, 7) is 5.04. The van der Waals surface area contributed by atoms with Crippen LogP contribution in [0.25, 0.3) is 0 Å². The Hall–Kier alpha value is 0.110. The molecule has 0 unspecified atom stereocenters. The first-order valence-electron chi connectivity index (χ1n) is 3.86. The number of quaternary nitrogens is 1. The molecule has 0 rings (SSSR count). The molecular formula is C6H17NO3P+. The van der Waals surface area contributed by atoms with Crippen LogP contribution in [0, 0.1) is 0 Å². The molecular weight excluding hydrogens is 165 g/mol. The van der Waals surface area contributed by atoms with Crippen LogP contribution < -0.4 is 5.73 Å². The van der Waals surface area contributed by atoms with Crippen LogP contribution in [0.3, 0.4) is 0 Å². The molecule has 0 aliphatic carbocycles. The smallest absolute Gasteiger partial charge is 0.336 e. The van der Waals surface area contributed by atoms with Gasteiger partial charge in [-0.15, -0.1) is 0 Å². The summed E-state index contributed by atoms with van der Waals surface area (Å²) in [7, 11) is -2.78. The maximum absolute atomic E-state index is 11.5. The second-order valence-electron chi connectivity index (χ2n) is 2.02. The summed E-state index contributed by atoms with van der Waals surface area (Å²) in [5, 5.41) is 0. The largest absolute Gasteiger partial charge is 0.357 e. The van der Waals surface area contributed by atoms with Gasteiger partial charge in [0.1, 0.15) is 0 Å². The first-order chi connectivity index (χ1) is 5.18. The van der Waals surface area contributed by atoms with Crippen molar-refractivity contribution in [2.75, 3.05) is 25.9 Å². The van der Waals surface area contributed by atoms with E-state index in [1.165, 1.54) is 0 Å². The van der Waals surface area contributed by atoms with Gasteiger partial charge in [0, 0.05) is 0 Å². The van der Waals surface area contributed by atoms with E-state index in [0.29, 0.717) is 25.9 Å². The third-order valence-electron chi connectivity index (χ3n) is 1.08. The Labute approximate surface area is 67.6 Å². The second-order valence-corrected chi connectivity index (χ2v) is 4.21. The number of hydrogen-bond acceptors (Lipinski definition) is 3. The van der Waals surface area contributed by atoms with Crippen molar-refractivity contribution in [3.8, 4) is 0 Å². The summed E-state index contributed by atoms with van der Waals surface area (Å²) in [4.78, 5) is 0. The van der Waals surface area contributed by atoms with Gasteiger partial charge in [-0.05, 0) is 13.8 Å². The number of rotatable bonds is 6. The van der Waals surface area contributed by atoms with Crippen LogP contribution >= 0.6 is 7.60 Å². The van der Waals surface area contributed by atoms with E-state index < -0.39 is 7.60 Å². The van der Waals surface area contributed by atoms with Gasteiger partial charge in [0.25, 0.3) is 0 Å². The van der Waals surface area contributed by atoms with Gasteiger partial charge in [-0.1, -0.05) is 0 Å². The SMILES string of the molecule is CCOP(=O)(CC[NH3+])OCC. The predicted molar refractivity (Wildman–Crippen MR) is 43.5 cm³/mol. The van der Waals surface area contributed by atoms with Gasteiger partial charge in [-0.25, -0.2) is 0 Å². The van der Waals surface area contributed by atoms with E-state index in [4.69, 9.17) is 9.05 Å². The fourth-order valence-corrected chi connectivity index (χ4v) is 2.26. The van der Waals surface area contributed by atoms with Gasteiger partial charge in [-0.2, -0.15) is 0 Å². The molecule has 0 fully saturated rings. The topological polar surface area (TPSA) is 63.2 Å². The van der Waals surface area contributed by atoms with E-state index in [0.717, 1.165) is 0 Å². The maximum atomic E-state index is 11.5. The van der Waals surface area contributed by atoms with Gasteiger partial charge in [0.15, 0.2) is 0 Å². The van der Waals surface area contributed by atoms with Crippen LogP contribution in [0.15, 0.2) is 0 Å². The van der Waals surface area contributed by atoms with Crippen LogP contribution in [0.4, 0.5) is 0 Å². The van der Waals surface area contributed by atoms with E-state index in [9.17, 15) is 4.57 Å². The first-order valence-corrected chi connectivity index (χ1v) is 5.58. The Balaban J connectivity index is 3.91. The minimum atomic E-state index is -2.78. The molecule has 0 saturated heterocycles. The van der Waals surface area contributed by atoms with E-state index in [2.05, 4.69) is 5.73 Å². The van der Waals surface area contributed by atoms with Crippen LogP contribution in [-0.2, 0) is 13.6 Å². The molecule has 4 nitrogen and oxygen atoms in total. The summed E-state index contributed by atoms with van der Waals surface area (Å²) in [5.41, 5.74) is 3.60. The third-order valence-corrected chi connectivity index (χ3v) is 3.25. The molecule has 0 atom stereocenters. The van der Waals surface area contributed by atoms with Crippen molar-refractivity contribution in [3.63, 3.8) is 0 Å². The van der Waals surface area contributed by atoms with E-state index in [-0.39, 0.29) is 0 Å². The minimum absolute atomic E-state index is 0.411. The van der Waals surface area contributed by atoms with Gasteiger partial charge in [-0.3, -0.25) is 4.57 Å². The molecule has 0 amide bonds. The number of hydrogen-bond donors (Lipinski definition) is 1.